The zero-order valence-corrected chi connectivity index (χ0v) is 7.59. The normalized spacial score (nSPS) is 17.3. The van der Waals surface area contributed by atoms with Crippen molar-refractivity contribution in [2.45, 2.75) is 52.6 Å². The maximum absolute atomic E-state index is 5.82. The summed E-state index contributed by atoms with van der Waals surface area (Å²) in [5, 5.41) is 0. The molecule has 0 saturated carbocycles. The highest BCUT2D eigenvalue weighted by molar-refractivity contribution is 6.04. The van der Waals surface area contributed by atoms with Crippen LogP contribution in [-0.4, -0.2) is 24.9 Å². The van der Waals surface area contributed by atoms with Crippen LogP contribution < -0.4 is 0 Å². The summed E-state index contributed by atoms with van der Waals surface area (Å²) in [5.74, 6) is 0. The van der Waals surface area contributed by atoms with Crippen molar-refractivity contribution in [1.82, 2.24) is 4.81 Å². The maximum Gasteiger partial charge on any atom is 0.183 e. The Morgan fingerprint density at radius 2 is 1.40 bits per heavy atom. The highest BCUT2D eigenvalue weighted by Gasteiger charge is 2.10. The fourth-order valence-electron chi connectivity index (χ4n) is 0.856. The molecule has 0 rings (SSSR count). The zero-order valence-electron chi connectivity index (χ0n) is 7.59. The molecule has 0 amide bonds. The van der Waals surface area contributed by atoms with Crippen LogP contribution in [0.2, 0.25) is 0 Å². The van der Waals surface area contributed by atoms with Crippen molar-refractivity contribution in [3.63, 3.8) is 0 Å². The molecule has 0 aromatic rings. The molecular formula is C8H18BN. The number of nitrogens with zero attached hydrogens (tertiary/aromatic N) is 1. The Morgan fingerprint density at radius 3 is 1.60 bits per heavy atom. The Kier molecular flexibility index (Phi) is 4.79. The second-order valence-corrected chi connectivity index (χ2v) is 2.96. The predicted octanol–water partition coefficient (Wildman–Crippen LogP) is 1.97. The van der Waals surface area contributed by atoms with Crippen LogP contribution in [0.4, 0.5) is 0 Å². The van der Waals surface area contributed by atoms with Crippen LogP contribution in [0.3, 0.4) is 0 Å². The van der Waals surface area contributed by atoms with Gasteiger partial charge in [-0.05, 0) is 24.9 Å². The summed E-state index contributed by atoms with van der Waals surface area (Å²) in [7, 11) is 5.82. The lowest BCUT2D eigenvalue weighted by atomic mass is 10.1. The molecule has 0 aliphatic heterocycles. The first-order valence-corrected chi connectivity index (χ1v) is 4.16. The predicted molar refractivity (Wildman–Crippen MR) is 47.1 cm³/mol. The van der Waals surface area contributed by atoms with Gasteiger partial charge >= 0.3 is 0 Å². The van der Waals surface area contributed by atoms with E-state index in [4.69, 9.17) is 7.98 Å². The first-order chi connectivity index (χ1) is 4.63. The molecule has 2 atom stereocenters. The average Bonchev–Trinajstić information content (AvgIpc) is 2.00. The Labute approximate surface area is 66.2 Å². The van der Waals surface area contributed by atoms with Crippen molar-refractivity contribution in [3.05, 3.63) is 0 Å². The van der Waals surface area contributed by atoms with Gasteiger partial charge in [0.25, 0.3) is 0 Å². The lowest BCUT2D eigenvalue weighted by Crippen LogP contribution is -2.37. The quantitative estimate of drug-likeness (QED) is 0.538. The Morgan fingerprint density at radius 1 is 1.10 bits per heavy atom. The third kappa shape index (κ3) is 2.74. The molecule has 1 nitrogen and oxygen atoms in total. The maximum atomic E-state index is 5.82. The van der Waals surface area contributed by atoms with E-state index in [1.54, 1.807) is 0 Å². The van der Waals surface area contributed by atoms with E-state index in [2.05, 4.69) is 27.7 Å². The highest BCUT2D eigenvalue weighted by Crippen LogP contribution is 2.06. The van der Waals surface area contributed by atoms with Gasteiger partial charge in [0.2, 0.25) is 0 Å². The largest absolute Gasteiger partial charge is 0.349 e. The third-order valence-electron chi connectivity index (χ3n) is 2.20. The van der Waals surface area contributed by atoms with E-state index < -0.39 is 0 Å². The molecule has 0 aliphatic rings. The van der Waals surface area contributed by atoms with Gasteiger partial charge in [0.15, 0.2) is 7.98 Å². The number of rotatable bonds is 4. The molecule has 0 heterocycles. The fraction of sp³-hybridized carbons (Fsp3) is 1.00. The topological polar surface area (TPSA) is 3.24 Å². The summed E-state index contributed by atoms with van der Waals surface area (Å²) in [6, 6.07) is 1.02. The molecular weight excluding hydrogens is 121 g/mol. The minimum Gasteiger partial charge on any atom is -0.349 e. The van der Waals surface area contributed by atoms with Crippen molar-refractivity contribution in [1.29, 1.82) is 0 Å². The molecule has 0 saturated heterocycles. The summed E-state index contributed by atoms with van der Waals surface area (Å²) in [6.45, 7) is 8.64. The highest BCUT2D eigenvalue weighted by atomic mass is 15.1. The summed E-state index contributed by atoms with van der Waals surface area (Å²) in [6.07, 6.45) is 2.25. The van der Waals surface area contributed by atoms with Crippen LogP contribution >= 0.6 is 0 Å². The van der Waals surface area contributed by atoms with Crippen molar-refractivity contribution in [3.8, 4) is 0 Å². The average molecular weight is 139 g/mol. The van der Waals surface area contributed by atoms with Crippen molar-refractivity contribution < 1.29 is 0 Å². The minimum atomic E-state index is 0.509. The molecule has 2 radical (unpaired) electrons. The molecule has 58 valence electrons. The summed E-state index contributed by atoms with van der Waals surface area (Å²) in [4.78, 5) is 1.94. The van der Waals surface area contributed by atoms with Crippen LogP contribution in [0.15, 0.2) is 0 Å². The second kappa shape index (κ2) is 4.78. The van der Waals surface area contributed by atoms with Crippen LogP contribution in [-0.2, 0) is 0 Å². The van der Waals surface area contributed by atoms with Crippen LogP contribution in [0.1, 0.15) is 40.5 Å². The van der Waals surface area contributed by atoms with Gasteiger partial charge in [-0.3, -0.25) is 0 Å². The Hall–Kier alpha value is 0.0249. The molecule has 0 N–H and O–H groups in total. The summed E-state index contributed by atoms with van der Waals surface area (Å²) >= 11 is 0. The molecule has 0 aliphatic carbocycles. The lowest BCUT2D eigenvalue weighted by Gasteiger charge is -2.30. The summed E-state index contributed by atoms with van der Waals surface area (Å²) < 4.78 is 0. The van der Waals surface area contributed by atoms with Crippen molar-refractivity contribution >= 4 is 7.98 Å². The summed E-state index contributed by atoms with van der Waals surface area (Å²) in [5.41, 5.74) is 0. The van der Waals surface area contributed by atoms with E-state index in [1.807, 2.05) is 4.81 Å². The first-order valence-electron chi connectivity index (χ1n) is 4.16. The van der Waals surface area contributed by atoms with E-state index in [0.29, 0.717) is 12.1 Å². The monoisotopic (exact) mass is 139 g/mol. The minimum absolute atomic E-state index is 0.509. The van der Waals surface area contributed by atoms with E-state index in [-0.39, 0.29) is 0 Å². The van der Waals surface area contributed by atoms with E-state index in [0.717, 1.165) is 12.8 Å². The van der Waals surface area contributed by atoms with Gasteiger partial charge in [0.1, 0.15) is 0 Å². The Balaban J connectivity index is 3.69. The Bertz CT molecular complexity index is 75.3. The zero-order chi connectivity index (χ0) is 8.15. The smallest absolute Gasteiger partial charge is 0.183 e. The van der Waals surface area contributed by atoms with Gasteiger partial charge in [-0.1, -0.05) is 27.7 Å². The van der Waals surface area contributed by atoms with Crippen molar-refractivity contribution in [2.75, 3.05) is 0 Å². The van der Waals surface area contributed by atoms with Gasteiger partial charge in [0, 0.05) is 0 Å². The van der Waals surface area contributed by atoms with Gasteiger partial charge in [-0.25, -0.2) is 0 Å². The van der Waals surface area contributed by atoms with Gasteiger partial charge in [-0.15, -0.1) is 0 Å². The van der Waals surface area contributed by atoms with Gasteiger partial charge in [-0.2, -0.15) is 0 Å². The lowest BCUT2D eigenvalue weighted by molar-refractivity contribution is 0.275. The molecule has 0 bridgehead atoms. The molecule has 0 aromatic heterocycles. The van der Waals surface area contributed by atoms with E-state index >= 15 is 0 Å². The van der Waals surface area contributed by atoms with Crippen LogP contribution in [0.25, 0.3) is 0 Å². The van der Waals surface area contributed by atoms with Gasteiger partial charge < -0.3 is 4.81 Å². The fourth-order valence-corrected chi connectivity index (χ4v) is 0.856. The van der Waals surface area contributed by atoms with Crippen LogP contribution in [0, 0.1) is 0 Å². The van der Waals surface area contributed by atoms with E-state index in [9.17, 15) is 0 Å². The SMILES string of the molecule is [B]N(C(C)CC)C(C)CC. The second-order valence-electron chi connectivity index (χ2n) is 2.96. The van der Waals surface area contributed by atoms with Crippen LogP contribution in [0.5, 0.6) is 0 Å². The molecule has 0 aromatic carbocycles. The van der Waals surface area contributed by atoms with Gasteiger partial charge in [0.05, 0.1) is 0 Å². The molecule has 0 spiro atoms. The van der Waals surface area contributed by atoms with Crippen molar-refractivity contribution in [2.24, 2.45) is 0 Å². The first kappa shape index (κ1) is 10.0. The molecule has 0 fully saturated rings. The molecule has 2 unspecified atom stereocenters. The molecule has 2 heteroatoms. The number of hydrogen-bond acceptors (Lipinski definition) is 1. The van der Waals surface area contributed by atoms with E-state index in [1.165, 1.54) is 0 Å². The third-order valence-corrected chi connectivity index (χ3v) is 2.20. The molecule has 10 heavy (non-hydrogen) atoms. The standard InChI is InChI=1S/C8H18BN/c1-5-7(3)10(9)8(4)6-2/h7-8H,5-6H2,1-4H3. The number of hydrogen-bond donors (Lipinski definition) is 0.